The summed E-state index contributed by atoms with van der Waals surface area (Å²) >= 11 is 0. The maximum atomic E-state index is 12.4. The fourth-order valence-corrected chi connectivity index (χ4v) is 27.2. The topological polar surface area (TPSA) is 184 Å². The van der Waals surface area contributed by atoms with Crippen LogP contribution in [0.15, 0.2) is 0 Å². The number of hydrogen-bond acceptors (Lipinski definition) is 14. The van der Waals surface area contributed by atoms with Crippen molar-refractivity contribution >= 4 is 41.8 Å². The highest BCUT2D eigenvalue weighted by atomic mass is 16.6. The van der Waals surface area contributed by atoms with E-state index in [0.717, 1.165) is 168 Å². The van der Waals surface area contributed by atoms with Crippen molar-refractivity contribution in [3.63, 3.8) is 0 Å². The molecule has 29 unspecified atom stereocenters. The fraction of sp³-hybridized carbons (Fsp3) is 0.941. The highest BCUT2D eigenvalue weighted by molar-refractivity contribution is 5.78. The Balaban J connectivity index is -0.000000471. The van der Waals surface area contributed by atoms with Crippen molar-refractivity contribution in [1.82, 2.24) is 0 Å². The maximum absolute atomic E-state index is 12.4. The van der Waals surface area contributed by atoms with Crippen LogP contribution in [-0.4, -0.2) is 81.0 Å². The number of fused-ring (bicyclic) bond motifs is 19. The van der Waals surface area contributed by atoms with E-state index in [4.69, 9.17) is 33.2 Å². The Kier molecular flexibility index (Phi) is 58.2. The SMILES string of the molecule is C.C.C.C.C.C.C.C.C.C.C.C.C.C.CCC(C)(C)C(=O)OC1(C)CC2CC1C1CCCC21.CCC(C)(C)C(=O)OC1(C)CC2CCC1C2.CCC(C)(C)C(=O)OC1(CC)CC2CCC1C2.CCC(C)C(=O)OC1(C)CC2CC1C1CCCC21.CCC(C)C(=O)OC1(C)CC2CCC1C2.CCC(C)C(=O)OC1(C)CCCC2CCCCC21.CCC(C)C(=O)OC1(CC)CC2CCC1C2. The molecule has 0 aromatic heterocycles. The molecule has 133 heavy (non-hydrogen) atoms. The Hall–Kier alpha value is -3.71. The lowest BCUT2D eigenvalue weighted by Gasteiger charge is -2.48. The van der Waals surface area contributed by atoms with E-state index in [0.29, 0.717) is 41.4 Å². The number of hydrogen-bond donors (Lipinski definition) is 0. The van der Waals surface area contributed by atoms with Gasteiger partial charge in [0.25, 0.3) is 0 Å². The molecule has 29 atom stereocenters. The van der Waals surface area contributed by atoms with Gasteiger partial charge < -0.3 is 33.2 Å². The standard InChI is InChI=1S/C17H28O2.C16H26O2.C16H28O2.C15H26O2.2C14H24O2.C13H22O2.14CH4/c1-5-16(2,3)15(18)19-17(4)10-11-9-14(17)13-8-6-7-12(11)13;1-4-10(2)15(17)18-16(3)9-11-8-14(16)13-7-5-6-12(11)13;1-4-12(2)15(17)18-16(3)11-7-9-13-8-5-6-10-14(13)16;1-5-14(3,4)13(16)17-15(6-2)10-11-7-8-12(15)9-11;1-5-13(2,3)12(15)16-14(4)9-10-6-7-11(14)8-10;1-4-10(3)13(15)16-14(5-2)9-11-6-7-12(14)8-11;1-4-9(2)12(14)15-13(3)8-10-5-6-11(13)7-10;;;;;;;;;;;;;;/h11-14H,5-10H2,1-4H3;10-14H,4-9H2,1-3H3;12-14H,4-11H2,1-3H3;11-12H,5-10H2,1-4H3;10-11H,5-9H2,1-4H3;10-12H,4-9H2,1-3H3;9-11H,4-8H2,1-3H3;14*1H4. The first-order chi connectivity index (χ1) is 55.9. The molecule has 0 amide bonds. The van der Waals surface area contributed by atoms with Crippen LogP contribution in [0.25, 0.3) is 0 Å². The van der Waals surface area contributed by atoms with Crippen LogP contribution in [-0.2, 0) is 66.7 Å². The van der Waals surface area contributed by atoms with Gasteiger partial charge in [-0.05, 0) is 403 Å². The van der Waals surface area contributed by atoms with Crippen molar-refractivity contribution in [3.05, 3.63) is 0 Å². The molecule has 14 nitrogen and oxygen atoms in total. The summed E-state index contributed by atoms with van der Waals surface area (Å²) in [7, 11) is 0. The Morgan fingerprint density at radius 3 is 0.880 bits per heavy atom. The van der Waals surface area contributed by atoms with Gasteiger partial charge in [-0.2, -0.15) is 0 Å². The minimum atomic E-state index is -0.333. The summed E-state index contributed by atoms with van der Waals surface area (Å²) in [6.45, 7) is 49.4. The molecule has 0 aliphatic heterocycles. The maximum Gasteiger partial charge on any atom is 0.312 e. The lowest BCUT2D eigenvalue weighted by molar-refractivity contribution is -0.179. The zero-order chi connectivity index (χ0) is 87.4. The predicted octanol–water partition coefficient (Wildman–Crippen LogP) is 35.4. The molecule has 14 heteroatoms. The van der Waals surface area contributed by atoms with Gasteiger partial charge in [-0.25, -0.2) is 0 Å². The van der Waals surface area contributed by atoms with E-state index in [9.17, 15) is 33.6 Å². The van der Waals surface area contributed by atoms with Gasteiger partial charge in [0.05, 0.1) is 39.9 Å². The molecular weight excluding hydrogens is 1650 g/mol. The van der Waals surface area contributed by atoms with Crippen molar-refractivity contribution in [2.24, 2.45) is 146 Å². The number of esters is 7. The largest absolute Gasteiger partial charge is 0.459 e. The molecule has 794 valence electrons. The monoisotopic (exact) mass is 1890 g/mol. The summed E-state index contributed by atoms with van der Waals surface area (Å²) < 4.78 is 41.5. The molecule has 0 aromatic rings. The molecule has 16 fully saturated rings. The lowest BCUT2D eigenvalue weighted by atomic mass is 9.63. The number of carbonyl (C=O) groups is 7. The average Bonchev–Trinajstić information content (AvgIpc) is 1.57. The Bertz CT molecular complexity index is 3390. The van der Waals surface area contributed by atoms with Crippen molar-refractivity contribution in [1.29, 1.82) is 0 Å². The third kappa shape index (κ3) is 30.7. The second-order valence-corrected chi connectivity index (χ2v) is 46.2. The second-order valence-electron chi connectivity index (χ2n) is 46.2. The quantitative estimate of drug-likeness (QED) is 0.0695. The number of carbonyl (C=O) groups excluding carboxylic acids is 7. The summed E-state index contributed by atoms with van der Waals surface area (Å²) in [4.78, 5) is 84.7. The zero-order valence-corrected chi connectivity index (χ0v) is 80.6. The Morgan fingerprint density at radius 2 is 0.556 bits per heavy atom. The van der Waals surface area contributed by atoms with Crippen LogP contribution in [0.2, 0.25) is 0 Å². The van der Waals surface area contributed by atoms with Crippen LogP contribution in [0.3, 0.4) is 0 Å². The Morgan fingerprint density at radius 1 is 0.271 bits per heavy atom. The summed E-state index contributed by atoms with van der Waals surface area (Å²) in [5, 5.41) is 0. The van der Waals surface area contributed by atoms with Crippen LogP contribution in [0.4, 0.5) is 0 Å². The first-order valence-electron chi connectivity index (χ1n) is 50.6. The van der Waals surface area contributed by atoms with Crippen molar-refractivity contribution in [3.8, 4) is 0 Å². The third-order valence-corrected chi connectivity index (χ3v) is 37.3. The van der Waals surface area contributed by atoms with Gasteiger partial charge in [-0.15, -0.1) is 0 Å². The van der Waals surface area contributed by atoms with Gasteiger partial charge in [0, 0.05) is 17.8 Å². The van der Waals surface area contributed by atoms with Crippen molar-refractivity contribution < 1.29 is 66.7 Å². The summed E-state index contributed by atoms with van der Waals surface area (Å²) in [5.41, 5.74) is -1.99. The van der Waals surface area contributed by atoms with E-state index in [2.05, 4.69) is 76.2 Å². The molecular formula is C119H234O14. The van der Waals surface area contributed by atoms with Gasteiger partial charge in [-0.3, -0.25) is 33.6 Å². The van der Waals surface area contributed by atoms with Crippen molar-refractivity contribution in [2.45, 2.75) is 579 Å². The highest BCUT2D eigenvalue weighted by Crippen LogP contribution is 2.66. The molecule has 0 N–H and O–H groups in total. The zero-order valence-electron chi connectivity index (χ0n) is 80.6. The molecule has 0 spiro atoms. The molecule has 12 bridgehead atoms. The van der Waals surface area contributed by atoms with Gasteiger partial charge >= 0.3 is 41.8 Å². The van der Waals surface area contributed by atoms with Crippen molar-refractivity contribution in [2.75, 3.05) is 0 Å². The van der Waals surface area contributed by atoms with Crippen LogP contribution in [0, 0.1) is 146 Å². The second kappa shape index (κ2) is 56.2. The number of rotatable bonds is 23. The van der Waals surface area contributed by atoms with E-state index in [1.165, 1.54) is 167 Å². The van der Waals surface area contributed by atoms with E-state index in [-0.39, 0.29) is 225 Å². The van der Waals surface area contributed by atoms with Gasteiger partial charge in [0.1, 0.15) is 39.2 Å². The summed E-state index contributed by atoms with van der Waals surface area (Å²) in [6, 6.07) is 0. The van der Waals surface area contributed by atoms with Gasteiger partial charge in [0.2, 0.25) is 0 Å². The summed E-state index contributed by atoms with van der Waals surface area (Å²) in [5.74, 6) is 14.2. The lowest BCUT2D eigenvalue weighted by Crippen LogP contribution is -2.48. The van der Waals surface area contributed by atoms with Gasteiger partial charge in [0.15, 0.2) is 0 Å². The number of ether oxygens (including phenoxy) is 7. The highest BCUT2D eigenvalue weighted by Gasteiger charge is 2.64. The van der Waals surface area contributed by atoms with Gasteiger partial charge in [-0.1, -0.05) is 226 Å². The van der Waals surface area contributed by atoms with Crippen LogP contribution < -0.4 is 0 Å². The molecule has 0 aromatic carbocycles. The fourth-order valence-electron chi connectivity index (χ4n) is 27.2. The minimum absolute atomic E-state index is 0. The Labute approximate surface area is 829 Å². The smallest absolute Gasteiger partial charge is 0.312 e. The van der Waals surface area contributed by atoms with Crippen LogP contribution in [0.5, 0.6) is 0 Å². The third-order valence-electron chi connectivity index (χ3n) is 37.3. The molecule has 16 rings (SSSR count). The van der Waals surface area contributed by atoms with E-state index >= 15 is 0 Å². The normalized spacial score (nSPS) is 36.2. The first-order valence-corrected chi connectivity index (χ1v) is 50.6. The molecule has 0 heterocycles. The van der Waals surface area contributed by atoms with Crippen LogP contribution >= 0.6 is 0 Å². The molecule has 0 radical (unpaired) electrons. The molecule has 16 saturated carbocycles. The average molecular weight is 1890 g/mol. The molecule has 16 aliphatic rings. The van der Waals surface area contributed by atoms with E-state index in [1.807, 2.05) is 90.0 Å². The van der Waals surface area contributed by atoms with E-state index < -0.39 is 0 Å². The molecule has 16 aliphatic carbocycles. The minimum Gasteiger partial charge on any atom is -0.459 e. The first kappa shape index (κ1) is 138. The summed E-state index contributed by atoms with van der Waals surface area (Å²) in [6.07, 6.45) is 50.2. The van der Waals surface area contributed by atoms with E-state index in [1.54, 1.807) is 0 Å². The molecule has 0 saturated heterocycles. The predicted molar refractivity (Wildman–Crippen MR) is 570 cm³/mol. The van der Waals surface area contributed by atoms with Crippen LogP contribution in [0.1, 0.15) is 540 Å².